The molecule has 0 unspecified atom stereocenters. The summed E-state index contributed by atoms with van der Waals surface area (Å²) in [4.78, 5) is 12.1. The molecule has 0 aliphatic heterocycles. The Morgan fingerprint density at radius 1 is 1.06 bits per heavy atom. The van der Waals surface area contributed by atoms with Gasteiger partial charge in [0.2, 0.25) is 0 Å². The number of ketones is 1. The summed E-state index contributed by atoms with van der Waals surface area (Å²) in [6, 6.07) is 12.8. The van der Waals surface area contributed by atoms with E-state index in [0.29, 0.717) is 5.92 Å². The van der Waals surface area contributed by atoms with Crippen LogP contribution in [0.15, 0.2) is 48.6 Å². The largest absolute Gasteiger partial charge is 0.294 e. The maximum absolute atomic E-state index is 12.1. The third-order valence-electron chi connectivity index (χ3n) is 4.36. The van der Waals surface area contributed by atoms with Gasteiger partial charge in [0, 0.05) is 0 Å². The van der Waals surface area contributed by atoms with Gasteiger partial charge in [-0.25, -0.2) is 0 Å². The van der Waals surface area contributed by atoms with Gasteiger partial charge in [-0.2, -0.15) is 0 Å². The molecule has 2 atom stereocenters. The normalized spacial score (nSPS) is 25.2. The third-order valence-corrected chi connectivity index (χ3v) is 4.36. The topological polar surface area (TPSA) is 17.1 Å². The van der Waals surface area contributed by atoms with Crippen molar-refractivity contribution in [1.29, 1.82) is 0 Å². The summed E-state index contributed by atoms with van der Waals surface area (Å²) in [5.41, 5.74) is 2.66. The van der Waals surface area contributed by atoms with Crippen LogP contribution in [0, 0.1) is 5.92 Å². The van der Waals surface area contributed by atoms with E-state index in [4.69, 9.17) is 0 Å². The Hall–Kier alpha value is -1.89. The molecule has 18 heavy (non-hydrogen) atoms. The molecule has 0 aromatic heterocycles. The van der Waals surface area contributed by atoms with E-state index in [0.717, 1.165) is 12.8 Å². The van der Waals surface area contributed by atoms with Gasteiger partial charge in [0.25, 0.3) is 0 Å². The molecule has 1 heteroatoms. The molecule has 4 rings (SSSR count). The molecule has 2 aliphatic carbocycles. The number of benzene rings is 2. The Bertz CT molecular complexity index is 681. The minimum atomic E-state index is 0.0832. The van der Waals surface area contributed by atoms with Crippen molar-refractivity contribution in [3.63, 3.8) is 0 Å². The summed E-state index contributed by atoms with van der Waals surface area (Å²) in [6.45, 7) is 0. The minimum absolute atomic E-state index is 0.0832. The number of allylic oxidation sites excluding steroid dienone is 2. The van der Waals surface area contributed by atoms with E-state index in [1.807, 2.05) is 0 Å². The van der Waals surface area contributed by atoms with Crippen LogP contribution in [0.5, 0.6) is 0 Å². The van der Waals surface area contributed by atoms with Crippen molar-refractivity contribution in [2.45, 2.75) is 18.8 Å². The van der Waals surface area contributed by atoms with Crippen LogP contribution in [0.2, 0.25) is 0 Å². The van der Waals surface area contributed by atoms with E-state index in [1.54, 1.807) is 6.08 Å². The zero-order valence-corrected chi connectivity index (χ0v) is 10.1. The number of hydrogen-bond acceptors (Lipinski definition) is 1. The SMILES string of the molecule is O=C1C=C[C@@H]2CCc3ccc4ccccc4c3[C@@H]12. The smallest absolute Gasteiger partial charge is 0.163 e. The lowest BCUT2D eigenvalue weighted by Gasteiger charge is -2.28. The van der Waals surface area contributed by atoms with E-state index >= 15 is 0 Å². The quantitative estimate of drug-likeness (QED) is 0.680. The predicted octanol–water partition coefficient (Wildman–Crippen LogP) is 3.62. The number of hydrogen-bond donors (Lipinski definition) is 0. The van der Waals surface area contributed by atoms with Crippen LogP contribution in [0.1, 0.15) is 23.5 Å². The molecule has 1 nitrogen and oxygen atoms in total. The third kappa shape index (κ3) is 1.25. The molecule has 0 radical (unpaired) electrons. The lowest BCUT2D eigenvalue weighted by molar-refractivity contribution is -0.116. The average molecular weight is 234 g/mol. The van der Waals surface area contributed by atoms with Crippen molar-refractivity contribution in [2.75, 3.05) is 0 Å². The van der Waals surface area contributed by atoms with Gasteiger partial charge in [-0.05, 0) is 46.7 Å². The fourth-order valence-corrected chi connectivity index (χ4v) is 3.51. The Balaban J connectivity index is 2.05. The second-order valence-corrected chi connectivity index (χ2v) is 5.30. The number of rotatable bonds is 0. The fourth-order valence-electron chi connectivity index (χ4n) is 3.51. The van der Waals surface area contributed by atoms with Crippen molar-refractivity contribution in [3.05, 3.63) is 59.7 Å². The summed E-state index contributed by atoms with van der Waals surface area (Å²) < 4.78 is 0. The molecular weight excluding hydrogens is 220 g/mol. The maximum atomic E-state index is 12.1. The Morgan fingerprint density at radius 3 is 2.89 bits per heavy atom. The van der Waals surface area contributed by atoms with Crippen molar-refractivity contribution in [2.24, 2.45) is 5.92 Å². The molecular formula is C17H14O. The molecule has 0 saturated carbocycles. The summed E-state index contributed by atoms with van der Waals surface area (Å²) in [6.07, 6.45) is 6.10. The Kier molecular flexibility index (Phi) is 1.99. The van der Waals surface area contributed by atoms with Crippen molar-refractivity contribution in [3.8, 4) is 0 Å². The van der Waals surface area contributed by atoms with Crippen molar-refractivity contribution in [1.82, 2.24) is 0 Å². The second-order valence-electron chi connectivity index (χ2n) is 5.30. The maximum Gasteiger partial charge on any atom is 0.163 e. The number of carbonyl (C=O) groups is 1. The Labute approximate surface area is 106 Å². The number of carbonyl (C=O) groups excluding carboxylic acids is 1. The van der Waals surface area contributed by atoms with Gasteiger partial charge in [0.15, 0.2) is 5.78 Å². The number of aryl methyl sites for hydroxylation is 1. The van der Waals surface area contributed by atoms with Crippen LogP contribution in [-0.2, 0) is 11.2 Å². The zero-order valence-electron chi connectivity index (χ0n) is 10.1. The molecule has 0 N–H and O–H groups in total. The molecule has 88 valence electrons. The first-order valence-corrected chi connectivity index (χ1v) is 6.57. The number of fused-ring (bicyclic) bond motifs is 5. The van der Waals surface area contributed by atoms with Crippen molar-refractivity contribution < 1.29 is 4.79 Å². The molecule has 0 bridgehead atoms. The van der Waals surface area contributed by atoms with Crippen molar-refractivity contribution >= 4 is 16.6 Å². The highest BCUT2D eigenvalue weighted by molar-refractivity contribution is 6.02. The van der Waals surface area contributed by atoms with E-state index in [-0.39, 0.29) is 11.7 Å². The van der Waals surface area contributed by atoms with Gasteiger partial charge in [-0.15, -0.1) is 0 Å². The first kappa shape index (κ1) is 10.1. The predicted molar refractivity (Wildman–Crippen MR) is 72.6 cm³/mol. The lowest BCUT2D eigenvalue weighted by Crippen LogP contribution is -2.21. The van der Waals surface area contributed by atoms with E-state index in [9.17, 15) is 4.79 Å². The highest BCUT2D eigenvalue weighted by atomic mass is 16.1. The van der Waals surface area contributed by atoms with E-state index in [1.165, 1.54) is 21.9 Å². The molecule has 0 fully saturated rings. The standard InChI is InChI=1S/C17H14O/c18-15-10-9-13-8-7-12-6-5-11-3-1-2-4-14(11)16(12)17(13)15/h1-6,9-10,13,17H,7-8H2/t13-,17+/m0/s1. The van der Waals surface area contributed by atoms with Crippen LogP contribution in [-0.4, -0.2) is 5.78 Å². The highest BCUT2D eigenvalue weighted by Gasteiger charge is 2.36. The summed E-state index contributed by atoms with van der Waals surface area (Å²) in [7, 11) is 0. The van der Waals surface area contributed by atoms with Gasteiger partial charge < -0.3 is 0 Å². The van der Waals surface area contributed by atoms with Crippen LogP contribution < -0.4 is 0 Å². The molecule has 2 aliphatic rings. The van der Waals surface area contributed by atoms with Gasteiger partial charge in [-0.1, -0.05) is 42.5 Å². The first-order valence-electron chi connectivity index (χ1n) is 6.57. The fraction of sp³-hybridized carbons (Fsp3) is 0.235. The average Bonchev–Trinajstić information content (AvgIpc) is 2.80. The summed E-state index contributed by atoms with van der Waals surface area (Å²) in [5.74, 6) is 0.799. The molecule has 0 amide bonds. The van der Waals surface area contributed by atoms with Gasteiger partial charge in [0.05, 0.1) is 5.92 Å². The van der Waals surface area contributed by atoms with Crippen LogP contribution in [0.4, 0.5) is 0 Å². The lowest BCUT2D eigenvalue weighted by atomic mass is 9.74. The molecule has 2 aromatic carbocycles. The molecule has 2 aromatic rings. The minimum Gasteiger partial charge on any atom is -0.294 e. The molecule has 0 heterocycles. The van der Waals surface area contributed by atoms with Crippen LogP contribution in [0.3, 0.4) is 0 Å². The zero-order chi connectivity index (χ0) is 12.1. The van der Waals surface area contributed by atoms with E-state index < -0.39 is 0 Å². The summed E-state index contributed by atoms with van der Waals surface area (Å²) in [5, 5.41) is 2.51. The Morgan fingerprint density at radius 2 is 1.94 bits per heavy atom. The summed E-state index contributed by atoms with van der Waals surface area (Å²) >= 11 is 0. The highest BCUT2D eigenvalue weighted by Crippen LogP contribution is 2.44. The first-order chi connectivity index (χ1) is 8.84. The molecule has 0 saturated heterocycles. The van der Waals surface area contributed by atoms with Crippen LogP contribution >= 0.6 is 0 Å². The monoisotopic (exact) mass is 234 g/mol. The van der Waals surface area contributed by atoms with E-state index in [2.05, 4.69) is 42.5 Å². The van der Waals surface area contributed by atoms with Crippen LogP contribution in [0.25, 0.3) is 10.8 Å². The van der Waals surface area contributed by atoms with Gasteiger partial charge in [-0.3, -0.25) is 4.79 Å². The van der Waals surface area contributed by atoms with Gasteiger partial charge in [0.1, 0.15) is 0 Å². The second kappa shape index (κ2) is 3.55. The van der Waals surface area contributed by atoms with Gasteiger partial charge >= 0.3 is 0 Å². The molecule has 0 spiro atoms.